The van der Waals surface area contributed by atoms with Crippen LogP contribution in [0.4, 0.5) is 19.0 Å². The Bertz CT molecular complexity index is 956. The lowest BCUT2D eigenvalue weighted by atomic mass is 9.98. The van der Waals surface area contributed by atoms with Crippen LogP contribution in [0.15, 0.2) is 36.5 Å². The number of hydrogen-bond donors (Lipinski definition) is 1. The molecule has 2 saturated heterocycles. The summed E-state index contributed by atoms with van der Waals surface area (Å²) < 4.78 is 51.9. The fraction of sp³-hybridized carbons (Fsp3) is 0.478. The van der Waals surface area contributed by atoms with Gasteiger partial charge in [-0.25, -0.2) is 4.98 Å². The van der Waals surface area contributed by atoms with Gasteiger partial charge in [0.25, 0.3) is 0 Å². The monoisotopic (exact) mass is 464 g/mol. The van der Waals surface area contributed by atoms with E-state index in [1.54, 1.807) is 24.1 Å². The first-order valence-corrected chi connectivity index (χ1v) is 10.9. The zero-order chi connectivity index (χ0) is 23.4. The van der Waals surface area contributed by atoms with Crippen LogP contribution in [-0.2, 0) is 28.9 Å². The third kappa shape index (κ3) is 5.75. The van der Waals surface area contributed by atoms with E-state index in [0.29, 0.717) is 37.6 Å². The first-order chi connectivity index (χ1) is 15.8. The standard InChI is InChI=1S/C23H27F3N4O3/c1-27-22(31)18-13-29(14-18)12-16-2-4-19(5-3-16)33-15-17-10-20(23(24,25)26)21(28-11-17)30-6-8-32-9-7-30/h2-5,10-11,18H,6-9,12-15H2,1H3,(H,27,31). The average Bonchev–Trinajstić information content (AvgIpc) is 2.80. The molecule has 0 aliphatic carbocycles. The van der Waals surface area contributed by atoms with Crippen molar-refractivity contribution in [2.75, 3.05) is 51.3 Å². The zero-order valence-corrected chi connectivity index (χ0v) is 18.4. The number of nitrogens with one attached hydrogen (secondary N) is 1. The molecule has 0 bridgehead atoms. The molecule has 1 aromatic heterocycles. The Morgan fingerprint density at radius 2 is 1.88 bits per heavy atom. The quantitative estimate of drug-likeness (QED) is 0.680. The van der Waals surface area contributed by atoms with Crippen LogP contribution in [0.1, 0.15) is 16.7 Å². The van der Waals surface area contributed by atoms with Crippen LogP contribution < -0.4 is 15.0 Å². The van der Waals surface area contributed by atoms with Crippen molar-refractivity contribution in [1.82, 2.24) is 15.2 Å². The average molecular weight is 464 g/mol. The Balaban J connectivity index is 1.34. The SMILES string of the molecule is CNC(=O)C1CN(Cc2ccc(OCc3cnc(N4CCOCC4)c(C(F)(F)F)c3)cc2)C1. The van der Waals surface area contributed by atoms with Gasteiger partial charge in [-0.1, -0.05) is 12.1 Å². The normalized spacial score (nSPS) is 17.5. The molecule has 2 fully saturated rings. The number of rotatable bonds is 7. The van der Waals surface area contributed by atoms with Crippen LogP contribution in [0, 0.1) is 5.92 Å². The minimum atomic E-state index is -4.51. The number of halogens is 3. The van der Waals surface area contributed by atoms with Crippen LogP contribution in [0.25, 0.3) is 0 Å². The molecule has 0 unspecified atom stereocenters. The number of nitrogens with zero attached hydrogens (tertiary/aromatic N) is 3. The summed E-state index contributed by atoms with van der Waals surface area (Å²) in [5, 5.41) is 2.66. The van der Waals surface area contributed by atoms with E-state index in [2.05, 4.69) is 15.2 Å². The number of carbonyl (C=O) groups excluding carboxylic acids is 1. The highest BCUT2D eigenvalue weighted by molar-refractivity contribution is 5.79. The van der Waals surface area contributed by atoms with Crippen molar-refractivity contribution < 1.29 is 27.4 Å². The van der Waals surface area contributed by atoms with Gasteiger partial charge in [-0.05, 0) is 23.8 Å². The maximum atomic E-state index is 13.7. The van der Waals surface area contributed by atoms with E-state index in [1.807, 2.05) is 12.1 Å². The van der Waals surface area contributed by atoms with Gasteiger partial charge in [0, 0.05) is 51.5 Å². The largest absolute Gasteiger partial charge is 0.489 e. The van der Waals surface area contributed by atoms with Crippen molar-refractivity contribution in [2.24, 2.45) is 5.92 Å². The van der Waals surface area contributed by atoms with Crippen molar-refractivity contribution in [3.05, 3.63) is 53.2 Å². The fourth-order valence-corrected chi connectivity index (χ4v) is 4.00. The summed E-state index contributed by atoms with van der Waals surface area (Å²) in [6.07, 6.45) is -3.08. The topological polar surface area (TPSA) is 66.9 Å². The molecule has 4 rings (SSSR count). The van der Waals surface area contributed by atoms with E-state index in [-0.39, 0.29) is 24.2 Å². The third-order valence-electron chi connectivity index (χ3n) is 5.85. The van der Waals surface area contributed by atoms with Crippen molar-refractivity contribution in [1.29, 1.82) is 0 Å². The molecule has 0 spiro atoms. The smallest absolute Gasteiger partial charge is 0.419 e. The highest BCUT2D eigenvalue weighted by Gasteiger charge is 2.36. The van der Waals surface area contributed by atoms with E-state index in [9.17, 15) is 18.0 Å². The van der Waals surface area contributed by atoms with Gasteiger partial charge in [0.05, 0.1) is 24.7 Å². The summed E-state index contributed by atoms with van der Waals surface area (Å²) in [5.41, 5.74) is 0.670. The van der Waals surface area contributed by atoms with Gasteiger partial charge in [-0.2, -0.15) is 13.2 Å². The molecule has 10 heteroatoms. The number of aromatic nitrogens is 1. The number of likely N-dealkylation sites (tertiary alicyclic amines) is 1. The lowest BCUT2D eigenvalue weighted by Crippen LogP contribution is -2.52. The summed E-state index contributed by atoms with van der Waals surface area (Å²) in [6, 6.07) is 8.54. The minimum Gasteiger partial charge on any atom is -0.489 e. The van der Waals surface area contributed by atoms with Crippen LogP contribution >= 0.6 is 0 Å². The number of alkyl halides is 3. The number of pyridine rings is 1. The summed E-state index contributed by atoms with van der Waals surface area (Å²) in [6.45, 7) is 3.69. The number of ether oxygens (including phenoxy) is 2. The molecular weight excluding hydrogens is 437 g/mol. The molecule has 2 aliphatic rings. The number of carbonyl (C=O) groups is 1. The van der Waals surface area contributed by atoms with Crippen molar-refractivity contribution >= 4 is 11.7 Å². The first kappa shape index (κ1) is 23.3. The fourth-order valence-electron chi connectivity index (χ4n) is 4.00. The number of anilines is 1. The molecule has 2 aliphatic heterocycles. The summed E-state index contributed by atoms with van der Waals surface area (Å²) in [7, 11) is 1.64. The molecule has 0 saturated carbocycles. The maximum absolute atomic E-state index is 13.7. The lowest BCUT2D eigenvalue weighted by molar-refractivity contribution is -0.137. The Hall–Kier alpha value is -2.85. The van der Waals surface area contributed by atoms with Gasteiger partial charge in [0.2, 0.25) is 5.91 Å². The molecule has 3 heterocycles. The van der Waals surface area contributed by atoms with Gasteiger partial charge in [0.1, 0.15) is 18.2 Å². The number of morpholine rings is 1. The van der Waals surface area contributed by atoms with Crippen molar-refractivity contribution in [3.63, 3.8) is 0 Å². The molecule has 2 aromatic rings. The second-order valence-electron chi connectivity index (χ2n) is 8.25. The molecule has 0 radical (unpaired) electrons. The van der Waals surface area contributed by atoms with Crippen LogP contribution in [0.2, 0.25) is 0 Å². The van der Waals surface area contributed by atoms with Crippen molar-refractivity contribution in [3.8, 4) is 5.75 Å². The van der Waals surface area contributed by atoms with E-state index in [0.717, 1.165) is 31.3 Å². The Morgan fingerprint density at radius 1 is 1.18 bits per heavy atom. The van der Waals surface area contributed by atoms with Gasteiger partial charge in [-0.15, -0.1) is 0 Å². The predicted octanol–water partition coefficient (Wildman–Crippen LogP) is 2.69. The van der Waals surface area contributed by atoms with Crippen LogP contribution in [0.5, 0.6) is 5.75 Å². The Kier molecular flexibility index (Phi) is 7.04. The molecule has 7 nitrogen and oxygen atoms in total. The van der Waals surface area contributed by atoms with Crippen LogP contribution in [0.3, 0.4) is 0 Å². The Labute approximate surface area is 190 Å². The van der Waals surface area contributed by atoms with E-state index in [1.165, 1.54) is 6.20 Å². The van der Waals surface area contributed by atoms with Gasteiger partial charge < -0.3 is 19.7 Å². The van der Waals surface area contributed by atoms with E-state index >= 15 is 0 Å². The summed E-state index contributed by atoms with van der Waals surface area (Å²) in [5.74, 6) is 0.610. The van der Waals surface area contributed by atoms with E-state index in [4.69, 9.17) is 9.47 Å². The molecule has 1 amide bonds. The number of hydrogen-bond acceptors (Lipinski definition) is 6. The second-order valence-corrected chi connectivity index (χ2v) is 8.25. The molecule has 1 N–H and O–H groups in total. The lowest BCUT2D eigenvalue weighted by Gasteiger charge is -2.38. The first-order valence-electron chi connectivity index (χ1n) is 10.9. The third-order valence-corrected chi connectivity index (χ3v) is 5.85. The van der Waals surface area contributed by atoms with Gasteiger partial charge in [-0.3, -0.25) is 9.69 Å². The summed E-state index contributed by atoms with van der Waals surface area (Å²) in [4.78, 5) is 19.5. The molecule has 1 aromatic carbocycles. The van der Waals surface area contributed by atoms with Crippen LogP contribution in [-0.4, -0.2) is 62.2 Å². The number of amides is 1. The highest BCUT2D eigenvalue weighted by Crippen LogP contribution is 2.36. The van der Waals surface area contributed by atoms with Crippen molar-refractivity contribution in [2.45, 2.75) is 19.3 Å². The predicted molar refractivity (Wildman–Crippen MR) is 116 cm³/mol. The molecule has 33 heavy (non-hydrogen) atoms. The summed E-state index contributed by atoms with van der Waals surface area (Å²) >= 11 is 0. The van der Waals surface area contributed by atoms with E-state index < -0.39 is 11.7 Å². The maximum Gasteiger partial charge on any atom is 0.419 e. The Morgan fingerprint density at radius 3 is 2.52 bits per heavy atom. The molecule has 0 atom stereocenters. The van der Waals surface area contributed by atoms with Gasteiger partial charge in [0.15, 0.2) is 0 Å². The molecular formula is C23H27F3N4O3. The minimum absolute atomic E-state index is 0.0151. The second kappa shape index (κ2) is 9.96. The zero-order valence-electron chi connectivity index (χ0n) is 18.4. The highest BCUT2D eigenvalue weighted by atomic mass is 19.4. The molecule has 178 valence electrons. The van der Waals surface area contributed by atoms with Gasteiger partial charge >= 0.3 is 6.18 Å². The number of benzene rings is 1.